The van der Waals surface area contributed by atoms with Crippen LogP contribution in [0, 0.1) is 6.92 Å². The van der Waals surface area contributed by atoms with Gasteiger partial charge in [-0.1, -0.05) is 13.8 Å². The summed E-state index contributed by atoms with van der Waals surface area (Å²) < 4.78 is 31.7. The Morgan fingerprint density at radius 2 is 1.81 bits per heavy atom. The van der Waals surface area contributed by atoms with E-state index in [4.69, 9.17) is 4.74 Å². The zero-order valence-corrected chi connectivity index (χ0v) is 16.9. The van der Waals surface area contributed by atoms with Crippen LogP contribution in [0.4, 0.5) is 0 Å². The topological polar surface area (TPSA) is 76.0 Å². The standard InChI is InChI=1S/C19H20N2O4S2/c1-4-21(5-2)27(23,24)15-8-6-14(7-9-15)18-20-16(19(22)25-18)12-17-13(3)10-11-26-17/h6-12H,4-5H2,1-3H3/b16-12-. The fraction of sp³-hybridized carbons (Fsp3) is 0.263. The van der Waals surface area contributed by atoms with Gasteiger partial charge in [0.25, 0.3) is 0 Å². The Labute approximate surface area is 162 Å². The molecule has 0 radical (unpaired) electrons. The molecule has 2 heterocycles. The van der Waals surface area contributed by atoms with Gasteiger partial charge >= 0.3 is 5.97 Å². The van der Waals surface area contributed by atoms with Crippen LogP contribution in [-0.4, -0.2) is 37.7 Å². The van der Waals surface area contributed by atoms with Crippen molar-refractivity contribution >= 4 is 39.3 Å². The summed E-state index contributed by atoms with van der Waals surface area (Å²) in [6, 6.07) is 8.18. The Hall–Kier alpha value is -2.29. The second-order valence-electron chi connectivity index (χ2n) is 5.92. The molecular formula is C19H20N2O4S2. The maximum atomic E-state index is 12.5. The van der Waals surface area contributed by atoms with E-state index in [-0.39, 0.29) is 16.5 Å². The average molecular weight is 405 g/mol. The van der Waals surface area contributed by atoms with Gasteiger partial charge in [0.1, 0.15) is 0 Å². The van der Waals surface area contributed by atoms with Crippen LogP contribution in [0.15, 0.2) is 51.3 Å². The molecule has 2 aromatic rings. The molecule has 8 heteroatoms. The molecule has 0 atom stereocenters. The van der Waals surface area contributed by atoms with Crippen LogP contribution in [0.25, 0.3) is 6.08 Å². The molecule has 0 spiro atoms. The maximum Gasteiger partial charge on any atom is 0.363 e. The van der Waals surface area contributed by atoms with Crippen LogP contribution < -0.4 is 0 Å². The van der Waals surface area contributed by atoms with Crippen molar-refractivity contribution in [3.8, 4) is 0 Å². The molecule has 1 aromatic carbocycles. The lowest BCUT2D eigenvalue weighted by molar-refractivity contribution is -0.129. The molecule has 0 unspecified atom stereocenters. The molecular weight excluding hydrogens is 384 g/mol. The molecule has 1 aliphatic heterocycles. The first-order valence-corrected chi connectivity index (χ1v) is 10.9. The molecule has 3 rings (SSSR count). The van der Waals surface area contributed by atoms with Gasteiger partial charge in [-0.15, -0.1) is 11.3 Å². The Morgan fingerprint density at radius 1 is 1.15 bits per heavy atom. The first kappa shape index (κ1) is 19.5. The number of cyclic esters (lactones) is 1. The maximum absolute atomic E-state index is 12.5. The third-order valence-corrected chi connectivity index (χ3v) is 7.26. The number of esters is 1. The normalized spacial score (nSPS) is 16.1. The molecule has 0 bridgehead atoms. The van der Waals surface area contributed by atoms with E-state index in [2.05, 4.69) is 4.99 Å². The van der Waals surface area contributed by atoms with Crippen molar-refractivity contribution in [1.82, 2.24) is 4.31 Å². The third kappa shape index (κ3) is 3.87. The van der Waals surface area contributed by atoms with Crippen molar-refractivity contribution in [3.05, 3.63) is 57.4 Å². The number of sulfonamides is 1. The number of rotatable bonds is 6. The molecule has 0 saturated heterocycles. The van der Waals surface area contributed by atoms with Crippen molar-refractivity contribution in [3.63, 3.8) is 0 Å². The van der Waals surface area contributed by atoms with Gasteiger partial charge in [0.15, 0.2) is 5.70 Å². The van der Waals surface area contributed by atoms with E-state index in [0.29, 0.717) is 18.7 Å². The number of nitrogens with zero attached hydrogens (tertiary/aromatic N) is 2. The van der Waals surface area contributed by atoms with Gasteiger partial charge in [0, 0.05) is 23.5 Å². The summed E-state index contributed by atoms with van der Waals surface area (Å²) in [6.45, 7) is 6.36. The van der Waals surface area contributed by atoms with Crippen LogP contribution in [0.2, 0.25) is 0 Å². The molecule has 1 aromatic heterocycles. The van der Waals surface area contributed by atoms with Crippen molar-refractivity contribution < 1.29 is 17.9 Å². The van der Waals surface area contributed by atoms with Crippen molar-refractivity contribution in [2.45, 2.75) is 25.7 Å². The quantitative estimate of drug-likeness (QED) is 0.546. The molecule has 0 amide bonds. The highest BCUT2D eigenvalue weighted by Crippen LogP contribution is 2.24. The number of ether oxygens (including phenoxy) is 1. The first-order chi connectivity index (χ1) is 12.9. The summed E-state index contributed by atoms with van der Waals surface area (Å²) in [5.74, 6) is -0.343. The zero-order valence-electron chi connectivity index (χ0n) is 15.3. The third-order valence-electron chi connectivity index (χ3n) is 4.23. The monoisotopic (exact) mass is 404 g/mol. The minimum Gasteiger partial charge on any atom is -0.402 e. The van der Waals surface area contributed by atoms with Gasteiger partial charge in [-0.05, 0) is 54.3 Å². The van der Waals surface area contributed by atoms with Crippen LogP contribution in [-0.2, 0) is 19.6 Å². The predicted molar refractivity (Wildman–Crippen MR) is 106 cm³/mol. The molecule has 142 valence electrons. The lowest BCUT2D eigenvalue weighted by atomic mass is 10.2. The van der Waals surface area contributed by atoms with Gasteiger partial charge in [-0.2, -0.15) is 4.31 Å². The fourth-order valence-electron chi connectivity index (χ4n) is 2.67. The molecule has 6 nitrogen and oxygen atoms in total. The molecule has 27 heavy (non-hydrogen) atoms. The summed E-state index contributed by atoms with van der Waals surface area (Å²) >= 11 is 1.52. The van der Waals surface area contributed by atoms with Crippen molar-refractivity contribution in [2.24, 2.45) is 4.99 Å². The van der Waals surface area contributed by atoms with E-state index in [1.807, 2.05) is 18.4 Å². The van der Waals surface area contributed by atoms with Crippen LogP contribution in [0.3, 0.4) is 0 Å². The number of thiophene rings is 1. The molecule has 0 N–H and O–H groups in total. The van der Waals surface area contributed by atoms with Crippen LogP contribution in [0.1, 0.15) is 29.9 Å². The van der Waals surface area contributed by atoms with E-state index in [1.165, 1.54) is 27.8 Å². The van der Waals surface area contributed by atoms with E-state index in [0.717, 1.165) is 10.4 Å². The predicted octanol–water partition coefficient (Wildman–Crippen LogP) is 3.43. The lowest BCUT2D eigenvalue weighted by Crippen LogP contribution is -2.30. The van der Waals surface area contributed by atoms with Crippen molar-refractivity contribution in [1.29, 1.82) is 0 Å². The molecule has 0 saturated carbocycles. The number of aryl methyl sites for hydroxylation is 1. The van der Waals surface area contributed by atoms with E-state index < -0.39 is 16.0 Å². The number of carbonyl (C=O) groups is 1. The summed E-state index contributed by atoms with van der Waals surface area (Å²) in [6.07, 6.45) is 1.70. The minimum absolute atomic E-state index is 0.173. The Bertz CT molecular complexity index is 1010. The highest BCUT2D eigenvalue weighted by atomic mass is 32.2. The number of hydrogen-bond donors (Lipinski definition) is 0. The van der Waals surface area contributed by atoms with Gasteiger partial charge in [-0.25, -0.2) is 18.2 Å². The zero-order chi connectivity index (χ0) is 19.6. The van der Waals surface area contributed by atoms with E-state index in [9.17, 15) is 13.2 Å². The minimum atomic E-state index is -3.53. The number of benzene rings is 1. The van der Waals surface area contributed by atoms with Crippen LogP contribution in [0.5, 0.6) is 0 Å². The van der Waals surface area contributed by atoms with Gasteiger partial charge in [0.05, 0.1) is 4.90 Å². The van der Waals surface area contributed by atoms with Crippen LogP contribution >= 0.6 is 11.3 Å². The number of aliphatic imine (C=N–C) groups is 1. The summed E-state index contributed by atoms with van der Waals surface area (Å²) in [4.78, 5) is 17.5. The molecule has 0 aliphatic carbocycles. The number of hydrogen-bond acceptors (Lipinski definition) is 6. The Morgan fingerprint density at radius 3 is 2.37 bits per heavy atom. The Kier molecular flexibility index (Phi) is 5.59. The van der Waals surface area contributed by atoms with Gasteiger partial charge in [-0.3, -0.25) is 0 Å². The fourth-order valence-corrected chi connectivity index (χ4v) is 4.98. The summed E-state index contributed by atoms with van der Waals surface area (Å²) in [7, 11) is -3.53. The largest absolute Gasteiger partial charge is 0.402 e. The first-order valence-electron chi connectivity index (χ1n) is 8.54. The second kappa shape index (κ2) is 7.75. The van der Waals surface area contributed by atoms with Gasteiger partial charge < -0.3 is 4.74 Å². The molecule has 0 fully saturated rings. The lowest BCUT2D eigenvalue weighted by Gasteiger charge is -2.18. The van der Waals surface area contributed by atoms with Crippen molar-refractivity contribution in [2.75, 3.05) is 13.1 Å². The average Bonchev–Trinajstić information content (AvgIpc) is 3.22. The van der Waals surface area contributed by atoms with Gasteiger partial charge in [0.2, 0.25) is 15.9 Å². The van der Waals surface area contributed by atoms with E-state index in [1.54, 1.807) is 32.1 Å². The highest BCUT2D eigenvalue weighted by Gasteiger charge is 2.26. The molecule has 1 aliphatic rings. The summed E-state index contributed by atoms with van der Waals surface area (Å²) in [5.41, 5.74) is 1.85. The second-order valence-corrected chi connectivity index (χ2v) is 8.80. The smallest absolute Gasteiger partial charge is 0.363 e. The Balaban J connectivity index is 1.88. The van der Waals surface area contributed by atoms with E-state index >= 15 is 0 Å². The number of carbonyl (C=O) groups excluding carboxylic acids is 1. The summed E-state index contributed by atoms with van der Waals surface area (Å²) in [5, 5.41) is 1.95. The SMILES string of the molecule is CCN(CC)S(=O)(=O)c1ccc(C2=N/C(=C\c3sccc3C)C(=O)O2)cc1. The highest BCUT2D eigenvalue weighted by molar-refractivity contribution is 7.89.